The molecule has 5 N–H and O–H groups in total. The maximum Gasteiger partial charge on any atom is 0.336 e. The molecule has 15 heteroatoms. The van der Waals surface area contributed by atoms with E-state index in [1.165, 1.54) is 78.6 Å². The van der Waals surface area contributed by atoms with Crippen LogP contribution >= 0.6 is 0 Å². The lowest BCUT2D eigenvalue weighted by Gasteiger charge is -2.17. The number of methoxy groups -OCH3 is 1. The van der Waals surface area contributed by atoms with Gasteiger partial charge in [-0.3, -0.25) is 28.7 Å². The van der Waals surface area contributed by atoms with Crippen LogP contribution in [0.5, 0.6) is 5.75 Å². The van der Waals surface area contributed by atoms with E-state index in [-0.39, 0.29) is 63.6 Å². The summed E-state index contributed by atoms with van der Waals surface area (Å²) in [6.07, 6.45) is 5.27. The molecule has 0 saturated carbocycles. The summed E-state index contributed by atoms with van der Waals surface area (Å²) < 4.78 is 18.1. The van der Waals surface area contributed by atoms with Crippen LogP contribution in [0.15, 0.2) is 85.7 Å². The number of nitrogens with zero attached hydrogens (tertiary/aromatic N) is 1. The first-order chi connectivity index (χ1) is 26.5. The molecule has 0 radical (unpaired) electrons. The Labute approximate surface area is 312 Å². The van der Waals surface area contributed by atoms with Crippen LogP contribution in [0.2, 0.25) is 0 Å². The van der Waals surface area contributed by atoms with Crippen molar-refractivity contribution in [2.45, 2.75) is 57.0 Å². The van der Waals surface area contributed by atoms with E-state index in [9.17, 15) is 44.1 Å². The zero-order chi connectivity index (χ0) is 39.2. The predicted molar refractivity (Wildman–Crippen MR) is 200 cm³/mol. The van der Waals surface area contributed by atoms with E-state index in [0.29, 0.717) is 55.2 Å². The largest absolute Gasteiger partial charge is 0.508 e. The maximum absolute atomic E-state index is 13.2. The number of carboxylic acids is 1. The molecule has 2 unspecified atom stereocenters. The molecular weight excluding hydrogens is 714 g/mol. The van der Waals surface area contributed by atoms with Gasteiger partial charge < -0.3 is 34.5 Å². The standard InChI is InChI=1S/C40H39N3O12/c1-53-33-19-35(55-34(33)21-44)43-20-23(38(49)42-40(43)52)7-9-24(45)6-4-2-3-5-15-41-37(48)22-8-12-27(39(50)51)30(16-22)36-28-13-10-25(46)17-31(28)54-32-18-26(47)11-14-29(32)36/h7-14,16-18,20,33-35,44,46H,2-6,15,19,21H2,1H3,(H,41,48)(H,50,51)(H,42,49,52)/b9-7+/t33-,34?,35?/m1/s1. The monoisotopic (exact) mass is 753 g/mol. The number of aromatic nitrogens is 2. The summed E-state index contributed by atoms with van der Waals surface area (Å²) in [5.74, 6) is -1.73. The van der Waals surface area contributed by atoms with Gasteiger partial charge in [0.05, 0.1) is 23.8 Å². The molecule has 55 heavy (non-hydrogen) atoms. The Kier molecular flexibility index (Phi) is 11.8. The predicted octanol–water partition coefficient (Wildman–Crippen LogP) is 4.08. The van der Waals surface area contributed by atoms with E-state index in [2.05, 4.69) is 10.3 Å². The van der Waals surface area contributed by atoms with Crippen LogP contribution in [0.1, 0.15) is 71.0 Å². The summed E-state index contributed by atoms with van der Waals surface area (Å²) in [6, 6.07) is 12.8. The zero-order valence-corrected chi connectivity index (χ0v) is 29.8. The number of ketones is 1. The number of benzene rings is 3. The number of allylic oxidation sites excluding steroid dienone is 1. The number of phenols is 1. The minimum absolute atomic E-state index is 0.0685. The molecule has 3 aliphatic rings. The van der Waals surface area contributed by atoms with Crippen molar-refractivity contribution in [2.24, 2.45) is 0 Å². The van der Waals surface area contributed by atoms with Crippen molar-refractivity contribution in [1.82, 2.24) is 14.9 Å². The lowest BCUT2D eigenvalue weighted by atomic mass is 9.89. The average molecular weight is 754 g/mol. The van der Waals surface area contributed by atoms with Gasteiger partial charge in [0.15, 0.2) is 11.2 Å². The number of H-pyrrole nitrogens is 1. The van der Waals surface area contributed by atoms with Gasteiger partial charge in [-0.05, 0) is 73.0 Å². The van der Waals surface area contributed by atoms with Gasteiger partial charge in [-0.25, -0.2) is 9.59 Å². The lowest BCUT2D eigenvalue weighted by Crippen LogP contribution is -2.33. The molecule has 1 amide bonds. The molecule has 2 aliphatic heterocycles. The topological polar surface area (TPSA) is 227 Å². The van der Waals surface area contributed by atoms with Crippen LogP contribution in [-0.2, 0) is 14.3 Å². The number of aromatic amines is 1. The minimum atomic E-state index is -1.22. The molecule has 2 aromatic carbocycles. The molecule has 1 aliphatic carbocycles. The lowest BCUT2D eigenvalue weighted by molar-refractivity contribution is -0.114. The molecule has 1 aromatic heterocycles. The van der Waals surface area contributed by atoms with Crippen molar-refractivity contribution in [1.29, 1.82) is 0 Å². The normalized spacial score (nSPS) is 16.9. The fourth-order valence-electron chi connectivity index (χ4n) is 6.69. The number of hydrogen-bond donors (Lipinski definition) is 5. The molecule has 6 rings (SSSR count). The second kappa shape index (κ2) is 16.9. The molecule has 15 nitrogen and oxygen atoms in total. The van der Waals surface area contributed by atoms with Gasteiger partial charge in [-0.1, -0.05) is 12.8 Å². The summed E-state index contributed by atoms with van der Waals surface area (Å²) in [4.78, 5) is 77.3. The van der Waals surface area contributed by atoms with E-state index in [1.54, 1.807) is 6.07 Å². The van der Waals surface area contributed by atoms with Gasteiger partial charge in [-0.15, -0.1) is 0 Å². The number of amides is 1. The highest BCUT2D eigenvalue weighted by molar-refractivity contribution is 6.09. The van der Waals surface area contributed by atoms with E-state index in [0.717, 1.165) is 0 Å². The molecule has 0 bridgehead atoms. The van der Waals surface area contributed by atoms with Gasteiger partial charge in [0, 0.05) is 66.9 Å². The highest BCUT2D eigenvalue weighted by Crippen LogP contribution is 2.42. The van der Waals surface area contributed by atoms with Crippen molar-refractivity contribution in [2.75, 3.05) is 20.3 Å². The third-order valence-corrected chi connectivity index (χ3v) is 9.51. The van der Waals surface area contributed by atoms with Crippen molar-refractivity contribution in [3.8, 4) is 28.2 Å². The number of carbonyl (C=O) groups excluding carboxylic acids is 2. The second-order valence-corrected chi connectivity index (χ2v) is 13.2. The first-order valence-corrected chi connectivity index (χ1v) is 17.7. The number of aliphatic hydroxyl groups is 1. The van der Waals surface area contributed by atoms with Gasteiger partial charge in [0.25, 0.3) is 11.5 Å². The SMILES string of the molecule is CO[C@@H]1CC(n2cc(/C=C/C(=O)CCCCCCNC(=O)c3ccc(C(=O)O)c(-c4c5ccc(=O)cc-5oc5cc(O)ccc45)c3)c(=O)[nH]c2=O)OC1CO. The first kappa shape index (κ1) is 38.6. The fraction of sp³-hybridized carbons (Fsp3) is 0.300. The number of aliphatic hydroxyl groups excluding tert-OH is 1. The number of unbranched alkanes of at least 4 members (excludes halogenated alkanes) is 3. The highest BCUT2D eigenvalue weighted by Gasteiger charge is 2.36. The highest BCUT2D eigenvalue weighted by atomic mass is 16.6. The zero-order valence-electron chi connectivity index (χ0n) is 29.8. The molecule has 3 aromatic rings. The summed E-state index contributed by atoms with van der Waals surface area (Å²) >= 11 is 0. The molecule has 3 atom stereocenters. The molecule has 286 valence electrons. The number of nitrogens with one attached hydrogen (secondary N) is 2. The second-order valence-electron chi connectivity index (χ2n) is 13.2. The number of aromatic carboxylic acids is 1. The molecule has 3 heterocycles. The third-order valence-electron chi connectivity index (χ3n) is 9.51. The minimum Gasteiger partial charge on any atom is -0.508 e. The number of phenolic OH excluding ortho intramolecular Hbond substituents is 1. The first-order valence-electron chi connectivity index (χ1n) is 17.7. The number of hydrogen-bond acceptors (Lipinski definition) is 11. The fourth-order valence-corrected chi connectivity index (χ4v) is 6.69. The van der Waals surface area contributed by atoms with Crippen LogP contribution in [0.4, 0.5) is 0 Å². The van der Waals surface area contributed by atoms with Gasteiger partial charge >= 0.3 is 11.7 Å². The van der Waals surface area contributed by atoms with Gasteiger partial charge in [0.1, 0.15) is 29.4 Å². The van der Waals surface area contributed by atoms with E-state index < -0.39 is 41.6 Å². The number of ether oxygens (including phenoxy) is 2. The van der Waals surface area contributed by atoms with E-state index >= 15 is 0 Å². The van der Waals surface area contributed by atoms with Crippen molar-refractivity contribution < 1.29 is 43.6 Å². The van der Waals surface area contributed by atoms with Crippen LogP contribution in [0.25, 0.3) is 39.5 Å². The number of carbonyl (C=O) groups is 3. The van der Waals surface area contributed by atoms with E-state index in [1.807, 2.05) is 0 Å². The van der Waals surface area contributed by atoms with Gasteiger partial charge in [-0.2, -0.15) is 0 Å². The Morgan fingerprint density at radius 1 is 1.00 bits per heavy atom. The van der Waals surface area contributed by atoms with E-state index in [4.69, 9.17) is 13.9 Å². The average Bonchev–Trinajstić information content (AvgIpc) is 3.59. The summed E-state index contributed by atoms with van der Waals surface area (Å²) in [6.45, 7) is 0.0376. The Morgan fingerprint density at radius 3 is 2.55 bits per heavy atom. The Hall–Kier alpha value is -6.16. The quantitative estimate of drug-likeness (QED) is 0.0579. The number of rotatable bonds is 15. The number of fused-ring (bicyclic) bond motifs is 2. The smallest absolute Gasteiger partial charge is 0.336 e. The molecular formula is C40H39N3O12. The van der Waals surface area contributed by atoms with Crippen molar-refractivity contribution >= 4 is 34.7 Å². The summed E-state index contributed by atoms with van der Waals surface area (Å²) in [5, 5.41) is 33.0. The van der Waals surface area contributed by atoms with Crippen molar-refractivity contribution in [3.05, 3.63) is 115 Å². The Balaban J connectivity index is 1.03. The molecule has 1 fully saturated rings. The molecule has 0 spiro atoms. The third kappa shape index (κ3) is 8.64. The Bertz CT molecular complexity index is 2420. The van der Waals surface area contributed by atoms with Crippen LogP contribution in [0.3, 0.4) is 0 Å². The summed E-state index contributed by atoms with van der Waals surface area (Å²) in [7, 11) is 1.48. The number of carboxylic acid groups (broad SMARTS) is 1. The van der Waals surface area contributed by atoms with Crippen LogP contribution in [-0.4, -0.2) is 75.0 Å². The van der Waals surface area contributed by atoms with Gasteiger partial charge in [0.2, 0.25) is 0 Å². The number of aromatic hydroxyl groups is 1. The van der Waals surface area contributed by atoms with Crippen molar-refractivity contribution in [3.63, 3.8) is 0 Å². The maximum atomic E-state index is 13.2. The van der Waals surface area contributed by atoms with Crippen LogP contribution < -0.4 is 22.0 Å². The molecule has 1 saturated heterocycles. The Morgan fingerprint density at radius 2 is 1.80 bits per heavy atom. The summed E-state index contributed by atoms with van der Waals surface area (Å²) in [5.41, 5.74) is -0.0559. The van der Waals surface area contributed by atoms with Crippen LogP contribution in [0, 0.1) is 0 Å².